The Kier molecular flexibility index (Phi) is 5.23. The predicted octanol–water partition coefficient (Wildman–Crippen LogP) is 1.85. The second-order valence-electron chi connectivity index (χ2n) is 3.47. The number of ether oxygens (including phenoxy) is 2. The van der Waals surface area contributed by atoms with E-state index >= 15 is 0 Å². The van der Waals surface area contributed by atoms with Crippen molar-refractivity contribution in [3.8, 4) is 5.75 Å². The molecule has 4 nitrogen and oxygen atoms in total. The largest absolute Gasteiger partial charge is 0.504 e. The summed E-state index contributed by atoms with van der Waals surface area (Å²) in [5, 5.41) is 9.93. The van der Waals surface area contributed by atoms with Crippen molar-refractivity contribution >= 4 is 5.78 Å². The zero-order valence-electron chi connectivity index (χ0n) is 9.92. The van der Waals surface area contributed by atoms with Crippen LogP contribution in [0.1, 0.15) is 18.1 Å². The van der Waals surface area contributed by atoms with Crippen molar-refractivity contribution in [2.75, 3.05) is 14.2 Å². The number of hydrogen-bond donors (Lipinski definition) is 1. The molecule has 17 heavy (non-hydrogen) atoms. The summed E-state index contributed by atoms with van der Waals surface area (Å²) in [7, 11) is 2.98. The fraction of sp³-hybridized carbons (Fsp3) is 0.308. The van der Waals surface area contributed by atoms with E-state index in [9.17, 15) is 9.90 Å². The Morgan fingerprint density at radius 1 is 1.41 bits per heavy atom. The number of aliphatic hydroxyl groups excluding tert-OH is 1. The maximum absolute atomic E-state index is 11.4. The number of carbonyl (C=O) groups excluding carboxylic acids is 1. The lowest BCUT2D eigenvalue weighted by Crippen LogP contribution is -2.06. The zero-order valence-corrected chi connectivity index (χ0v) is 9.92. The highest BCUT2D eigenvalue weighted by molar-refractivity contribution is 5.89. The van der Waals surface area contributed by atoms with Crippen LogP contribution in [0.4, 0.5) is 0 Å². The van der Waals surface area contributed by atoms with Crippen molar-refractivity contribution < 1.29 is 19.4 Å². The lowest BCUT2D eigenvalue weighted by molar-refractivity contribution is -0.116. The molecule has 0 saturated carbocycles. The van der Waals surface area contributed by atoms with E-state index in [-0.39, 0.29) is 12.2 Å². The Hall–Kier alpha value is -1.81. The maximum Gasteiger partial charge on any atom is 0.161 e. The average molecular weight is 236 g/mol. The van der Waals surface area contributed by atoms with E-state index < -0.39 is 6.10 Å². The molecule has 92 valence electrons. The van der Waals surface area contributed by atoms with Crippen LogP contribution in [0.15, 0.2) is 36.6 Å². The molecule has 1 aromatic rings. The number of ketones is 1. The average Bonchev–Trinajstić information content (AvgIpc) is 2.36. The summed E-state index contributed by atoms with van der Waals surface area (Å²) in [5.41, 5.74) is 0.606. The molecule has 0 radical (unpaired) electrons. The third-order valence-corrected chi connectivity index (χ3v) is 2.28. The Labute approximate surface area is 100 Å². The van der Waals surface area contributed by atoms with Crippen molar-refractivity contribution in [1.82, 2.24) is 0 Å². The van der Waals surface area contributed by atoms with Gasteiger partial charge < -0.3 is 14.6 Å². The maximum atomic E-state index is 11.4. The predicted molar refractivity (Wildman–Crippen MR) is 63.7 cm³/mol. The van der Waals surface area contributed by atoms with Gasteiger partial charge >= 0.3 is 0 Å². The van der Waals surface area contributed by atoms with Crippen LogP contribution in [0.2, 0.25) is 0 Å². The summed E-state index contributed by atoms with van der Waals surface area (Å²) in [6.07, 6.45) is 1.70. The van der Waals surface area contributed by atoms with Crippen LogP contribution in [0, 0.1) is 0 Å². The van der Waals surface area contributed by atoms with Crippen molar-refractivity contribution in [2.24, 2.45) is 0 Å². The molecule has 1 atom stereocenters. The van der Waals surface area contributed by atoms with Gasteiger partial charge in [0.1, 0.15) is 5.75 Å². The highest BCUT2D eigenvalue weighted by Crippen LogP contribution is 2.26. The molecule has 1 rings (SSSR count). The highest BCUT2D eigenvalue weighted by Gasteiger charge is 2.15. The van der Waals surface area contributed by atoms with Gasteiger partial charge in [0.05, 0.1) is 26.6 Å². The van der Waals surface area contributed by atoms with Gasteiger partial charge in [0.15, 0.2) is 5.78 Å². The number of rotatable bonds is 6. The van der Waals surface area contributed by atoms with E-state index in [0.717, 1.165) is 0 Å². The van der Waals surface area contributed by atoms with E-state index in [2.05, 4.69) is 4.74 Å². The zero-order chi connectivity index (χ0) is 12.7. The van der Waals surface area contributed by atoms with Crippen LogP contribution >= 0.6 is 0 Å². The second-order valence-corrected chi connectivity index (χ2v) is 3.47. The molecule has 0 bridgehead atoms. The molecule has 4 heteroatoms. The minimum Gasteiger partial charge on any atom is -0.504 e. The molecule has 0 saturated heterocycles. The lowest BCUT2D eigenvalue weighted by atomic mass is 10.0. The molecule has 0 fully saturated rings. The van der Waals surface area contributed by atoms with Crippen molar-refractivity contribution in [3.63, 3.8) is 0 Å². The molecule has 0 aromatic heterocycles. The SMILES string of the molecule is CO/C=C/C(=O)CC(O)c1ccccc1OC. The van der Waals surface area contributed by atoms with Crippen LogP contribution in [-0.2, 0) is 9.53 Å². The fourth-order valence-corrected chi connectivity index (χ4v) is 1.45. The lowest BCUT2D eigenvalue weighted by Gasteiger charge is -2.13. The van der Waals surface area contributed by atoms with E-state index in [1.807, 2.05) is 6.07 Å². The Morgan fingerprint density at radius 2 is 2.12 bits per heavy atom. The Morgan fingerprint density at radius 3 is 2.76 bits per heavy atom. The first-order chi connectivity index (χ1) is 8.19. The molecule has 0 aliphatic heterocycles. The van der Waals surface area contributed by atoms with Crippen LogP contribution in [-0.4, -0.2) is 25.1 Å². The summed E-state index contributed by atoms with van der Waals surface area (Å²) >= 11 is 0. The monoisotopic (exact) mass is 236 g/mol. The quantitative estimate of drug-likeness (QED) is 0.605. The standard InChI is InChI=1S/C13H16O4/c1-16-8-7-10(14)9-12(15)11-5-3-4-6-13(11)17-2/h3-8,12,15H,9H2,1-2H3/b8-7+. The first-order valence-corrected chi connectivity index (χ1v) is 5.22. The molecule has 1 unspecified atom stereocenters. The molecule has 1 N–H and O–H groups in total. The van der Waals surface area contributed by atoms with E-state index in [1.165, 1.54) is 26.6 Å². The molecular weight excluding hydrogens is 220 g/mol. The number of methoxy groups -OCH3 is 2. The summed E-state index contributed by atoms with van der Waals surface area (Å²) in [5.74, 6) is 0.369. The molecule has 0 heterocycles. The molecule has 0 aliphatic carbocycles. The van der Waals surface area contributed by atoms with Gasteiger partial charge in [-0.2, -0.15) is 0 Å². The Bertz CT molecular complexity index is 398. The van der Waals surface area contributed by atoms with Crippen molar-refractivity contribution in [2.45, 2.75) is 12.5 Å². The van der Waals surface area contributed by atoms with E-state index in [0.29, 0.717) is 11.3 Å². The van der Waals surface area contributed by atoms with Gasteiger partial charge in [0, 0.05) is 18.1 Å². The van der Waals surface area contributed by atoms with Gasteiger partial charge in [-0.1, -0.05) is 18.2 Å². The van der Waals surface area contributed by atoms with Gasteiger partial charge in [0.2, 0.25) is 0 Å². The number of para-hydroxylation sites is 1. The van der Waals surface area contributed by atoms with Gasteiger partial charge in [-0.25, -0.2) is 0 Å². The third kappa shape index (κ3) is 3.92. The molecule has 0 aliphatic rings. The van der Waals surface area contributed by atoms with E-state index in [4.69, 9.17) is 4.74 Å². The summed E-state index contributed by atoms with van der Waals surface area (Å²) < 4.78 is 9.75. The molecular formula is C13H16O4. The van der Waals surface area contributed by atoms with Gasteiger partial charge in [-0.15, -0.1) is 0 Å². The third-order valence-electron chi connectivity index (χ3n) is 2.28. The fourth-order valence-electron chi connectivity index (χ4n) is 1.45. The highest BCUT2D eigenvalue weighted by atomic mass is 16.5. The minimum absolute atomic E-state index is 0.000231. The Balaban J connectivity index is 2.72. The van der Waals surface area contributed by atoms with Gasteiger partial charge in [-0.05, 0) is 6.07 Å². The smallest absolute Gasteiger partial charge is 0.161 e. The van der Waals surface area contributed by atoms with Gasteiger partial charge in [0.25, 0.3) is 0 Å². The number of allylic oxidation sites excluding steroid dienone is 1. The first-order valence-electron chi connectivity index (χ1n) is 5.22. The minimum atomic E-state index is -0.875. The first kappa shape index (κ1) is 13.3. The molecule has 0 amide bonds. The number of benzene rings is 1. The van der Waals surface area contributed by atoms with Crippen LogP contribution in [0.5, 0.6) is 5.75 Å². The number of carbonyl (C=O) groups is 1. The van der Waals surface area contributed by atoms with Crippen molar-refractivity contribution in [3.05, 3.63) is 42.2 Å². The van der Waals surface area contributed by atoms with Gasteiger partial charge in [-0.3, -0.25) is 4.79 Å². The number of hydrogen-bond acceptors (Lipinski definition) is 4. The normalized spacial score (nSPS) is 12.4. The number of aliphatic hydroxyl groups is 1. The molecule has 1 aromatic carbocycles. The summed E-state index contributed by atoms with van der Waals surface area (Å²) in [6, 6.07) is 7.07. The van der Waals surface area contributed by atoms with E-state index in [1.54, 1.807) is 18.2 Å². The summed E-state index contributed by atoms with van der Waals surface area (Å²) in [6.45, 7) is 0. The second kappa shape index (κ2) is 6.70. The topological polar surface area (TPSA) is 55.8 Å². The van der Waals surface area contributed by atoms with Crippen LogP contribution < -0.4 is 4.74 Å². The van der Waals surface area contributed by atoms with Crippen LogP contribution in [0.25, 0.3) is 0 Å². The molecule has 0 spiro atoms. The van der Waals surface area contributed by atoms with Crippen LogP contribution in [0.3, 0.4) is 0 Å². The van der Waals surface area contributed by atoms with Crippen molar-refractivity contribution in [1.29, 1.82) is 0 Å². The summed E-state index contributed by atoms with van der Waals surface area (Å²) in [4.78, 5) is 11.4.